The van der Waals surface area contributed by atoms with E-state index in [9.17, 15) is 8.42 Å². The highest BCUT2D eigenvalue weighted by molar-refractivity contribution is 9.11. The molecule has 0 bridgehead atoms. The molecule has 1 aromatic carbocycles. The van der Waals surface area contributed by atoms with E-state index in [2.05, 4.69) is 20.7 Å². The third kappa shape index (κ3) is 3.31. The molecule has 7 heteroatoms. The van der Waals surface area contributed by atoms with Crippen LogP contribution in [0.1, 0.15) is 10.4 Å². The maximum Gasteiger partial charge on any atom is 0.263 e. The first-order valence-electron chi connectivity index (χ1n) is 5.36. The van der Waals surface area contributed by atoms with Crippen molar-refractivity contribution in [1.29, 1.82) is 0 Å². The van der Waals surface area contributed by atoms with Gasteiger partial charge in [0.2, 0.25) is 0 Å². The van der Waals surface area contributed by atoms with Crippen LogP contribution in [0.5, 0.6) is 0 Å². The number of thiophene rings is 1. The van der Waals surface area contributed by atoms with E-state index in [4.69, 9.17) is 11.6 Å². The Morgan fingerprint density at radius 3 is 2.63 bits per heavy atom. The Labute approximate surface area is 129 Å². The van der Waals surface area contributed by atoms with Crippen molar-refractivity contribution in [2.24, 2.45) is 0 Å². The standard InChI is InChI=1S/C12H11BrClNO2S2/c1-8-11(6-12(13)18-8)19(16,17)15-10-5-3-2-4-9(10)7-14/h2-6,15H,7H2,1H3. The lowest BCUT2D eigenvalue weighted by atomic mass is 10.2. The van der Waals surface area contributed by atoms with Crippen LogP contribution in [0.2, 0.25) is 0 Å². The number of hydrogen-bond acceptors (Lipinski definition) is 3. The largest absolute Gasteiger partial charge is 0.279 e. The highest BCUT2D eigenvalue weighted by Gasteiger charge is 2.20. The van der Waals surface area contributed by atoms with Crippen LogP contribution in [-0.4, -0.2) is 8.42 Å². The molecule has 3 nitrogen and oxygen atoms in total. The highest BCUT2D eigenvalue weighted by atomic mass is 79.9. The summed E-state index contributed by atoms with van der Waals surface area (Å²) in [6, 6.07) is 8.69. The molecule has 1 aromatic heterocycles. The average Bonchev–Trinajstić information content (AvgIpc) is 2.69. The highest BCUT2D eigenvalue weighted by Crippen LogP contribution is 2.31. The molecule has 0 fully saturated rings. The summed E-state index contributed by atoms with van der Waals surface area (Å²) >= 11 is 10.5. The molecule has 2 aromatic rings. The molecule has 2 rings (SSSR count). The molecule has 0 saturated heterocycles. The zero-order chi connectivity index (χ0) is 14.0. The lowest BCUT2D eigenvalue weighted by Gasteiger charge is -2.10. The van der Waals surface area contributed by atoms with Crippen LogP contribution in [0, 0.1) is 6.92 Å². The summed E-state index contributed by atoms with van der Waals surface area (Å²) in [7, 11) is -3.58. The van der Waals surface area contributed by atoms with Gasteiger partial charge in [-0.2, -0.15) is 0 Å². The van der Waals surface area contributed by atoms with Crippen LogP contribution in [0.4, 0.5) is 5.69 Å². The minimum Gasteiger partial charge on any atom is -0.279 e. The molecule has 1 heterocycles. The van der Waals surface area contributed by atoms with Crippen molar-refractivity contribution in [1.82, 2.24) is 0 Å². The lowest BCUT2D eigenvalue weighted by molar-refractivity contribution is 0.601. The maximum absolute atomic E-state index is 12.3. The number of para-hydroxylation sites is 1. The predicted octanol–water partition coefficient (Wildman–Crippen LogP) is 4.36. The molecular formula is C12H11BrClNO2S2. The summed E-state index contributed by atoms with van der Waals surface area (Å²) in [6.07, 6.45) is 0. The first kappa shape index (κ1) is 14.8. The molecule has 0 aliphatic heterocycles. The molecule has 0 saturated carbocycles. The van der Waals surface area contributed by atoms with Gasteiger partial charge < -0.3 is 0 Å². The molecule has 0 aliphatic carbocycles. The van der Waals surface area contributed by atoms with E-state index in [0.29, 0.717) is 5.69 Å². The number of aryl methyl sites for hydroxylation is 1. The summed E-state index contributed by atoms with van der Waals surface area (Å²) < 4.78 is 28.0. The Bertz CT molecular complexity index is 698. The van der Waals surface area contributed by atoms with Crippen LogP contribution < -0.4 is 4.72 Å². The van der Waals surface area contributed by atoms with Gasteiger partial charge in [0.05, 0.1) is 9.47 Å². The molecule has 19 heavy (non-hydrogen) atoms. The predicted molar refractivity (Wildman–Crippen MR) is 83.6 cm³/mol. The second-order valence-corrected chi connectivity index (χ2v) is 8.42. The third-order valence-corrected chi connectivity index (χ3v) is 6.00. The summed E-state index contributed by atoms with van der Waals surface area (Å²) in [5.41, 5.74) is 1.26. The topological polar surface area (TPSA) is 46.2 Å². The molecular weight excluding hydrogens is 370 g/mol. The van der Waals surface area contributed by atoms with E-state index < -0.39 is 10.0 Å². The summed E-state index contributed by atoms with van der Waals surface area (Å²) in [5.74, 6) is 0.255. The van der Waals surface area contributed by atoms with Crippen molar-refractivity contribution in [3.8, 4) is 0 Å². The van der Waals surface area contributed by atoms with Crippen molar-refractivity contribution in [3.63, 3.8) is 0 Å². The van der Waals surface area contributed by atoms with Gasteiger partial charge in [-0.15, -0.1) is 22.9 Å². The Morgan fingerprint density at radius 1 is 1.37 bits per heavy atom. The lowest BCUT2D eigenvalue weighted by Crippen LogP contribution is -2.14. The smallest absolute Gasteiger partial charge is 0.263 e. The number of sulfonamides is 1. The third-order valence-electron chi connectivity index (χ3n) is 2.54. The van der Waals surface area contributed by atoms with Gasteiger partial charge in [-0.25, -0.2) is 8.42 Å². The van der Waals surface area contributed by atoms with Crippen molar-refractivity contribution in [3.05, 3.63) is 44.6 Å². The molecule has 0 spiro atoms. The quantitative estimate of drug-likeness (QED) is 0.801. The number of rotatable bonds is 4. The van der Waals surface area contributed by atoms with Crippen LogP contribution in [-0.2, 0) is 15.9 Å². The molecule has 1 N–H and O–H groups in total. The second-order valence-electron chi connectivity index (χ2n) is 3.87. The van der Waals surface area contributed by atoms with Crippen LogP contribution in [0.25, 0.3) is 0 Å². The molecule has 0 amide bonds. The Balaban J connectivity index is 2.39. The first-order chi connectivity index (χ1) is 8.94. The van der Waals surface area contributed by atoms with Crippen LogP contribution in [0.3, 0.4) is 0 Å². The molecule has 102 valence electrons. The number of hydrogen-bond donors (Lipinski definition) is 1. The zero-order valence-corrected chi connectivity index (χ0v) is 14.0. The van der Waals surface area contributed by atoms with Crippen molar-refractivity contribution in [2.75, 3.05) is 4.72 Å². The fourth-order valence-electron chi connectivity index (χ4n) is 1.63. The van der Waals surface area contributed by atoms with Crippen molar-refractivity contribution >= 4 is 54.6 Å². The number of halogens is 2. The van der Waals surface area contributed by atoms with Gasteiger partial charge in [-0.1, -0.05) is 18.2 Å². The van der Waals surface area contributed by atoms with Gasteiger partial charge in [-0.3, -0.25) is 4.72 Å². The molecule has 0 radical (unpaired) electrons. The van der Waals surface area contributed by atoms with Gasteiger partial charge in [0.15, 0.2) is 0 Å². The number of alkyl halides is 1. The van der Waals surface area contributed by atoms with E-state index in [1.54, 1.807) is 31.2 Å². The maximum atomic E-state index is 12.3. The average molecular weight is 381 g/mol. The SMILES string of the molecule is Cc1sc(Br)cc1S(=O)(=O)Nc1ccccc1CCl. The van der Waals surface area contributed by atoms with Crippen molar-refractivity contribution in [2.45, 2.75) is 17.7 Å². The van der Waals surface area contributed by atoms with Gasteiger partial charge in [0.25, 0.3) is 10.0 Å². The molecule has 0 aliphatic rings. The number of anilines is 1. The molecule has 0 unspecified atom stereocenters. The van der Waals surface area contributed by atoms with E-state index in [-0.39, 0.29) is 10.8 Å². The molecule has 0 atom stereocenters. The van der Waals surface area contributed by atoms with E-state index in [0.717, 1.165) is 14.2 Å². The second kappa shape index (κ2) is 5.83. The van der Waals surface area contributed by atoms with Gasteiger partial charge in [-0.05, 0) is 40.5 Å². The Kier molecular flexibility index (Phi) is 4.55. The van der Waals surface area contributed by atoms with Crippen molar-refractivity contribution < 1.29 is 8.42 Å². The van der Waals surface area contributed by atoms with E-state index in [1.807, 2.05) is 6.07 Å². The first-order valence-corrected chi connectivity index (χ1v) is 8.99. The monoisotopic (exact) mass is 379 g/mol. The van der Waals surface area contributed by atoms with Gasteiger partial charge in [0, 0.05) is 10.8 Å². The summed E-state index contributed by atoms with van der Waals surface area (Å²) in [5, 5.41) is 0. The van der Waals surface area contributed by atoms with Crippen LogP contribution in [0.15, 0.2) is 39.0 Å². The van der Waals surface area contributed by atoms with E-state index in [1.165, 1.54) is 11.3 Å². The summed E-state index contributed by atoms with van der Waals surface area (Å²) in [6.45, 7) is 1.78. The summed E-state index contributed by atoms with van der Waals surface area (Å²) in [4.78, 5) is 1.02. The van der Waals surface area contributed by atoms with Crippen LogP contribution >= 0.6 is 38.9 Å². The fraction of sp³-hybridized carbons (Fsp3) is 0.167. The van der Waals surface area contributed by atoms with Gasteiger partial charge in [0.1, 0.15) is 4.90 Å². The minimum atomic E-state index is -3.58. The minimum absolute atomic E-state index is 0.255. The van der Waals surface area contributed by atoms with E-state index >= 15 is 0 Å². The normalized spacial score (nSPS) is 11.5. The zero-order valence-electron chi connectivity index (χ0n) is 9.98. The fourth-order valence-corrected chi connectivity index (χ4v) is 5.38. The Hall–Kier alpha value is -0.560. The van der Waals surface area contributed by atoms with Gasteiger partial charge >= 0.3 is 0 Å². The Morgan fingerprint density at radius 2 is 2.05 bits per heavy atom. The number of nitrogens with one attached hydrogen (secondary N) is 1. The number of benzene rings is 1.